The Kier molecular flexibility index (Phi) is 9.39. The van der Waals surface area contributed by atoms with Gasteiger partial charge in [0, 0.05) is 0 Å². The molecule has 0 amide bonds. The maximum atomic E-state index is 11.6. The number of carbonyl (C=O) groups excluding carboxylic acids is 4. The summed E-state index contributed by atoms with van der Waals surface area (Å²) in [5.41, 5.74) is 0. The van der Waals surface area contributed by atoms with Crippen molar-refractivity contribution in [2.75, 3.05) is 6.54 Å². The minimum atomic E-state index is -0.998. The Balaban J connectivity index is 4.30. The van der Waals surface area contributed by atoms with E-state index in [0.29, 0.717) is 19.4 Å². The van der Waals surface area contributed by atoms with Crippen LogP contribution in [0.5, 0.6) is 0 Å². The highest BCUT2D eigenvalue weighted by Crippen LogP contribution is 2.08. The Bertz CT molecular complexity index is 432. The summed E-state index contributed by atoms with van der Waals surface area (Å²) in [7, 11) is 0. The van der Waals surface area contributed by atoms with Gasteiger partial charge in [0.2, 0.25) is 24.5 Å². The van der Waals surface area contributed by atoms with E-state index in [0.717, 1.165) is 0 Å². The first-order valence-corrected chi connectivity index (χ1v) is 5.53. The molecule has 19 heavy (non-hydrogen) atoms. The first-order valence-electron chi connectivity index (χ1n) is 5.53. The van der Waals surface area contributed by atoms with Crippen LogP contribution in [0.3, 0.4) is 0 Å². The number of hydrogen-bond acceptors (Lipinski definition) is 8. The maximum absolute atomic E-state index is 11.6. The lowest BCUT2D eigenvalue weighted by Crippen LogP contribution is -2.25. The van der Waals surface area contributed by atoms with E-state index >= 15 is 0 Å². The van der Waals surface area contributed by atoms with E-state index in [1.807, 2.05) is 0 Å². The molecule has 2 atom stereocenters. The van der Waals surface area contributed by atoms with Crippen molar-refractivity contribution in [2.24, 2.45) is 15.0 Å². The number of rotatable bonds is 9. The van der Waals surface area contributed by atoms with Crippen LogP contribution in [0.25, 0.3) is 0 Å². The second kappa shape index (κ2) is 10.7. The molecule has 0 saturated carbocycles. The van der Waals surface area contributed by atoms with Crippen molar-refractivity contribution in [3.05, 3.63) is 0 Å². The van der Waals surface area contributed by atoms with Gasteiger partial charge in [-0.2, -0.15) is 9.98 Å². The molecule has 0 aromatic heterocycles. The predicted molar refractivity (Wildman–Crippen MR) is 62.4 cm³/mol. The minimum absolute atomic E-state index is 0.250. The quantitative estimate of drug-likeness (QED) is 0.260. The van der Waals surface area contributed by atoms with Crippen molar-refractivity contribution in [1.82, 2.24) is 0 Å². The van der Waals surface area contributed by atoms with Crippen molar-refractivity contribution in [2.45, 2.75) is 38.5 Å². The normalized spacial score (nSPS) is 12.1. The second-order valence-electron chi connectivity index (χ2n) is 3.46. The fourth-order valence-electron chi connectivity index (χ4n) is 1.22. The topological polar surface area (TPSA) is 115 Å². The van der Waals surface area contributed by atoms with Crippen LogP contribution in [0.15, 0.2) is 15.0 Å². The molecule has 0 spiro atoms. The molecule has 0 aliphatic rings. The third kappa shape index (κ3) is 8.35. The number of hydrogen-bond donors (Lipinski definition) is 0. The molecule has 8 heteroatoms. The van der Waals surface area contributed by atoms with Crippen molar-refractivity contribution in [1.29, 1.82) is 0 Å². The summed E-state index contributed by atoms with van der Waals surface area (Å²) in [4.78, 5) is 51.4. The Morgan fingerprint density at radius 1 is 1.11 bits per heavy atom. The first-order chi connectivity index (χ1) is 9.15. The van der Waals surface area contributed by atoms with Gasteiger partial charge in [-0.15, -0.1) is 0 Å². The van der Waals surface area contributed by atoms with Gasteiger partial charge in [0.15, 0.2) is 6.04 Å². The molecular weight excluding hydrogens is 254 g/mol. The summed E-state index contributed by atoms with van der Waals surface area (Å²) < 4.78 is 4.76. The monoisotopic (exact) mass is 267 g/mol. The van der Waals surface area contributed by atoms with Gasteiger partial charge in [-0.3, -0.25) is 0 Å². The van der Waals surface area contributed by atoms with Gasteiger partial charge in [0.05, 0.1) is 6.54 Å². The predicted octanol–water partition coefficient (Wildman–Crippen LogP) is 0.422. The molecule has 2 unspecified atom stereocenters. The average molecular weight is 267 g/mol. The van der Waals surface area contributed by atoms with Crippen LogP contribution < -0.4 is 0 Å². The lowest BCUT2D eigenvalue weighted by Gasteiger charge is -2.11. The molecule has 0 fully saturated rings. The van der Waals surface area contributed by atoms with E-state index < -0.39 is 18.2 Å². The van der Waals surface area contributed by atoms with Gasteiger partial charge in [-0.25, -0.2) is 24.2 Å². The Morgan fingerprint density at radius 2 is 1.79 bits per heavy atom. The van der Waals surface area contributed by atoms with Crippen LogP contribution in [-0.2, 0) is 23.9 Å². The lowest BCUT2D eigenvalue weighted by atomic mass is 10.1. The number of unbranched alkanes of at least 4 members (excludes halogenated alkanes) is 1. The zero-order valence-corrected chi connectivity index (χ0v) is 10.4. The van der Waals surface area contributed by atoms with Gasteiger partial charge in [-0.1, -0.05) is 0 Å². The summed E-state index contributed by atoms with van der Waals surface area (Å²) in [6.45, 7) is 1.67. The Hall–Kier alpha value is -2.39. The van der Waals surface area contributed by atoms with Crippen molar-refractivity contribution in [3.8, 4) is 0 Å². The number of carbonyl (C=O) groups is 1. The second-order valence-corrected chi connectivity index (χ2v) is 3.46. The van der Waals surface area contributed by atoms with Gasteiger partial charge in [0.25, 0.3) is 0 Å². The van der Waals surface area contributed by atoms with Crippen LogP contribution in [0.2, 0.25) is 0 Å². The number of isocyanates is 3. The van der Waals surface area contributed by atoms with E-state index in [1.165, 1.54) is 25.2 Å². The molecule has 0 bridgehead atoms. The molecule has 0 rings (SSSR count). The smallest absolute Gasteiger partial charge is 0.333 e. The molecule has 0 aromatic rings. The van der Waals surface area contributed by atoms with Gasteiger partial charge < -0.3 is 4.74 Å². The molecule has 0 radical (unpaired) electrons. The van der Waals surface area contributed by atoms with Crippen LogP contribution in [0.4, 0.5) is 0 Å². The molecule has 0 N–H and O–H groups in total. The molecule has 0 aromatic carbocycles. The van der Waals surface area contributed by atoms with Crippen LogP contribution in [0.1, 0.15) is 26.2 Å². The van der Waals surface area contributed by atoms with E-state index in [-0.39, 0.29) is 6.42 Å². The largest absolute Gasteiger partial charge is 0.438 e. The number of aliphatic imine (C=N–C) groups is 3. The van der Waals surface area contributed by atoms with E-state index in [9.17, 15) is 19.2 Å². The van der Waals surface area contributed by atoms with Crippen LogP contribution in [0, 0.1) is 0 Å². The molecule has 0 saturated heterocycles. The van der Waals surface area contributed by atoms with Crippen molar-refractivity contribution in [3.63, 3.8) is 0 Å². The van der Waals surface area contributed by atoms with E-state index in [4.69, 9.17) is 4.74 Å². The van der Waals surface area contributed by atoms with E-state index in [1.54, 1.807) is 0 Å². The van der Waals surface area contributed by atoms with Gasteiger partial charge in [0.1, 0.15) is 0 Å². The molecule has 8 nitrogen and oxygen atoms in total. The van der Waals surface area contributed by atoms with Crippen molar-refractivity contribution >= 4 is 24.2 Å². The fraction of sp³-hybridized carbons (Fsp3) is 0.636. The highest BCUT2D eigenvalue weighted by molar-refractivity contribution is 5.77. The SMILES string of the molecule is CC(N=C=O)OC(=O)C(CCCCN=C=O)N=C=O. The summed E-state index contributed by atoms with van der Waals surface area (Å²) in [5.74, 6) is -0.770. The highest BCUT2D eigenvalue weighted by Gasteiger charge is 2.20. The molecule has 102 valence electrons. The third-order valence-electron chi connectivity index (χ3n) is 2.06. The minimum Gasteiger partial charge on any atom is -0.438 e. The zero-order valence-electron chi connectivity index (χ0n) is 10.4. The lowest BCUT2D eigenvalue weighted by molar-refractivity contribution is -0.149. The molecule has 0 aliphatic carbocycles. The first kappa shape index (κ1) is 16.6. The van der Waals surface area contributed by atoms with Crippen LogP contribution >= 0.6 is 0 Å². The zero-order chi connectivity index (χ0) is 14.5. The number of esters is 1. The van der Waals surface area contributed by atoms with Crippen LogP contribution in [-0.4, -0.2) is 43.0 Å². The molecule has 0 aliphatic heterocycles. The van der Waals surface area contributed by atoms with Gasteiger partial charge in [-0.05, 0) is 26.2 Å². The van der Waals surface area contributed by atoms with Gasteiger partial charge >= 0.3 is 5.97 Å². The average Bonchev–Trinajstić information content (AvgIpc) is 2.37. The molecular formula is C11H13N3O5. The summed E-state index contributed by atoms with van der Waals surface area (Å²) >= 11 is 0. The third-order valence-corrected chi connectivity index (χ3v) is 2.06. The Labute approximate surface area is 109 Å². The highest BCUT2D eigenvalue weighted by atomic mass is 16.6. The standard InChI is InChI=1S/C11H13N3O5/c1-9(13-7-16)19-11(18)10(14-8-17)4-2-3-5-12-6-15/h9-10H,2-5H2,1H3. The molecule has 0 heterocycles. The fourth-order valence-corrected chi connectivity index (χ4v) is 1.22. The van der Waals surface area contributed by atoms with E-state index in [2.05, 4.69) is 15.0 Å². The number of ether oxygens (including phenoxy) is 1. The summed E-state index contributed by atoms with van der Waals surface area (Å²) in [5, 5.41) is 0. The summed E-state index contributed by atoms with van der Waals surface area (Å²) in [6.07, 6.45) is 4.27. The summed E-state index contributed by atoms with van der Waals surface area (Å²) in [6, 6.07) is -0.998. The number of nitrogens with zero attached hydrogens (tertiary/aromatic N) is 3. The van der Waals surface area contributed by atoms with Crippen molar-refractivity contribution < 1.29 is 23.9 Å². The maximum Gasteiger partial charge on any atom is 0.333 e. The Morgan fingerprint density at radius 3 is 2.37 bits per heavy atom.